The second kappa shape index (κ2) is 9.87. The lowest BCUT2D eigenvalue weighted by Gasteiger charge is -2.49. The number of β-lactam (4-membered cyclic amide) rings is 1. The maximum absolute atomic E-state index is 12.8. The van der Waals surface area contributed by atoms with Crippen LogP contribution in [0, 0.1) is 0 Å². The number of carbonyl (C=O) groups excluding carboxylic acids is 2. The number of thioether (sulfide) groups is 2. The number of hydrogen-bond donors (Lipinski definition) is 4. The minimum absolute atomic E-state index is 0.0154. The van der Waals surface area contributed by atoms with Gasteiger partial charge in [-0.2, -0.15) is 0 Å². The molecule has 1 saturated heterocycles. The molecule has 2 aliphatic rings. The Kier molecular flexibility index (Phi) is 6.94. The number of carboxylic acids is 1. The smallest absolute Gasteiger partial charge is 0.352 e. The molecule has 0 aliphatic carbocycles. The van der Waals surface area contributed by atoms with Gasteiger partial charge in [0, 0.05) is 23.6 Å². The zero-order chi connectivity index (χ0) is 23.5. The maximum Gasteiger partial charge on any atom is 0.352 e. The van der Waals surface area contributed by atoms with Crippen molar-refractivity contribution < 1.29 is 19.5 Å². The number of aliphatic carboxylic acids is 1. The van der Waals surface area contributed by atoms with Gasteiger partial charge in [0.1, 0.15) is 22.9 Å². The summed E-state index contributed by atoms with van der Waals surface area (Å²) < 4.78 is 0. The number of rotatable bonds is 9. The molecule has 0 saturated carbocycles. The van der Waals surface area contributed by atoms with Gasteiger partial charge >= 0.3 is 5.97 Å². The van der Waals surface area contributed by atoms with Gasteiger partial charge in [0.05, 0.1) is 6.42 Å². The number of hydrogen-bond acceptors (Lipinski definition) is 8. The Morgan fingerprint density at radius 1 is 1.39 bits per heavy atom. The third-order valence-corrected chi connectivity index (χ3v) is 7.62. The molecule has 1 aromatic carbocycles. The summed E-state index contributed by atoms with van der Waals surface area (Å²) in [4.78, 5) is 42.9. The molecule has 2 atom stereocenters. The van der Waals surface area contributed by atoms with Crippen LogP contribution in [-0.2, 0) is 27.2 Å². The van der Waals surface area contributed by atoms with Crippen LogP contribution in [-0.4, -0.2) is 65.9 Å². The summed E-state index contributed by atoms with van der Waals surface area (Å²) in [5.74, 6) is -0.329. The molecular formula is C21H24N6O4S2. The highest BCUT2D eigenvalue weighted by atomic mass is 32.2. The Morgan fingerprint density at radius 2 is 2.18 bits per heavy atom. The molecule has 0 spiro atoms. The van der Waals surface area contributed by atoms with E-state index in [-0.39, 0.29) is 18.0 Å². The largest absolute Gasteiger partial charge is 0.477 e. The molecule has 0 bridgehead atoms. The number of anilines is 1. The van der Waals surface area contributed by atoms with Gasteiger partial charge in [-0.05, 0) is 23.6 Å². The molecule has 5 N–H and O–H groups in total. The molecule has 1 unspecified atom stereocenters. The van der Waals surface area contributed by atoms with Crippen molar-refractivity contribution in [3.05, 3.63) is 46.9 Å². The first-order valence-corrected chi connectivity index (χ1v) is 12.5. The molecule has 0 radical (unpaired) electrons. The average molecular weight is 489 g/mol. The molecule has 2 aliphatic heterocycles. The maximum atomic E-state index is 12.8. The van der Waals surface area contributed by atoms with E-state index < -0.39 is 23.3 Å². The fourth-order valence-corrected chi connectivity index (χ4v) is 6.03. The molecule has 3 heterocycles. The number of nitrogens with zero attached hydrogens (tertiary/aromatic N) is 3. The number of nitrogens with one attached hydrogen (secondary N) is 2. The number of H-pyrrole nitrogens is 1. The summed E-state index contributed by atoms with van der Waals surface area (Å²) in [5, 5.41) is 19.7. The van der Waals surface area contributed by atoms with E-state index in [0.29, 0.717) is 33.5 Å². The topological polar surface area (TPSA) is 154 Å². The van der Waals surface area contributed by atoms with Crippen molar-refractivity contribution in [1.82, 2.24) is 25.4 Å². The van der Waals surface area contributed by atoms with E-state index in [1.807, 2.05) is 6.92 Å². The molecule has 12 heteroatoms. The number of nitrogen functional groups attached to an aromatic ring is 1. The summed E-state index contributed by atoms with van der Waals surface area (Å²) in [6.45, 7) is 2.05. The van der Waals surface area contributed by atoms with Crippen LogP contribution in [0.3, 0.4) is 0 Å². The highest BCUT2D eigenvalue weighted by Gasteiger charge is 2.54. The first-order chi connectivity index (χ1) is 15.9. The third-order valence-electron chi connectivity index (χ3n) is 5.35. The molecule has 10 nitrogen and oxygen atoms in total. The third kappa shape index (κ3) is 4.86. The van der Waals surface area contributed by atoms with Crippen LogP contribution in [0.4, 0.5) is 5.69 Å². The van der Waals surface area contributed by atoms with E-state index in [0.717, 1.165) is 18.7 Å². The van der Waals surface area contributed by atoms with Gasteiger partial charge in [0.2, 0.25) is 11.1 Å². The van der Waals surface area contributed by atoms with E-state index in [1.54, 1.807) is 24.3 Å². The number of carboxylic acid groups (broad SMARTS) is 1. The van der Waals surface area contributed by atoms with Crippen molar-refractivity contribution in [1.29, 1.82) is 0 Å². The van der Waals surface area contributed by atoms with Crippen LogP contribution < -0.4 is 11.1 Å². The lowest BCUT2D eigenvalue weighted by molar-refractivity contribution is -0.150. The van der Waals surface area contributed by atoms with Crippen molar-refractivity contribution >= 4 is 47.0 Å². The van der Waals surface area contributed by atoms with Crippen LogP contribution in [0.25, 0.3) is 0 Å². The number of amides is 2. The highest BCUT2D eigenvalue weighted by molar-refractivity contribution is 8.01. The van der Waals surface area contributed by atoms with Crippen LogP contribution in [0.15, 0.2) is 40.7 Å². The zero-order valence-corrected chi connectivity index (χ0v) is 19.5. The van der Waals surface area contributed by atoms with Gasteiger partial charge in [-0.15, -0.1) is 16.9 Å². The summed E-state index contributed by atoms with van der Waals surface area (Å²) >= 11 is 2.77. The molecule has 174 valence electrons. The van der Waals surface area contributed by atoms with Gasteiger partial charge in [-0.3, -0.25) is 19.6 Å². The molecular weight excluding hydrogens is 464 g/mol. The van der Waals surface area contributed by atoms with Crippen LogP contribution in [0.2, 0.25) is 0 Å². The Morgan fingerprint density at radius 3 is 2.91 bits per heavy atom. The number of carbonyl (C=O) groups is 3. The van der Waals surface area contributed by atoms with Crippen LogP contribution in [0.1, 0.15) is 24.7 Å². The van der Waals surface area contributed by atoms with Gasteiger partial charge in [-0.1, -0.05) is 36.9 Å². The van der Waals surface area contributed by atoms with E-state index >= 15 is 0 Å². The SMILES string of the molecule is CCCc1nc(SCC2=C(C(=O)O)N3C(=O)C(NC(=O)Cc4ccccc4N)[C@H]3SC2)n[nH]1. The van der Waals surface area contributed by atoms with Crippen molar-refractivity contribution in [3.8, 4) is 0 Å². The summed E-state index contributed by atoms with van der Waals surface area (Å²) in [6.07, 6.45) is 1.79. The van der Waals surface area contributed by atoms with Crippen molar-refractivity contribution in [2.45, 2.75) is 42.8 Å². The van der Waals surface area contributed by atoms with E-state index in [9.17, 15) is 19.5 Å². The highest BCUT2D eigenvalue weighted by Crippen LogP contribution is 2.41. The standard InChI is InChI=1S/C21H24N6O4S2/c1-2-5-14-23-21(26-25-14)33-10-12-9-32-19-16(18(29)27(19)17(12)20(30)31)24-15(28)8-11-6-3-4-7-13(11)22/h3-4,6-7,16,19H,2,5,8-10,22H2,1H3,(H,24,28)(H,30,31)(H,23,25,26)/t16?,19-/m1/s1. The normalized spacial score (nSPS) is 19.8. The van der Waals surface area contributed by atoms with Gasteiger partial charge < -0.3 is 16.2 Å². The number of benzene rings is 1. The Balaban J connectivity index is 1.41. The van der Waals surface area contributed by atoms with E-state index in [2.05, 4.69) is 20.5 Å². The Hall–Kier alpha value is -2.99. The zero-order valence-electron chi connectivity index (χ0n) is 17.9. The molecule has 1 aromatic heterocycles. The molecule has 2 amide bonds. The van der Waals surface area contributed by atoms with E-state index in [4.69, 9.17) is 5.73 Å². The summed E-state index contributed by atoms with van der Waals surface area (Å²) in [6, 6.07) is 6.28. The Bertz CT molecular complexity index is 1120. The fraction of sp³-hybridized carbons (Fsp3) is 0.381. The Labute approximate surface area is 198 Å². The minimum Gasteiger partial charge on any atom is -0.477 e. The number of nitrogens with two attached hydrogens (primary N) is 1. The second-order valence-corrected chi connectivity index (χ2v) is 9.74. The van der Waals surface area contributed by atoms with Crippen molar-refractivity contribution in [2.24, 2.45) is 0 Å². The van der Waals surface area contributed by atoms with E-state index in [1.165, 1.54) is 28.4 Å². The molecule has 4 rings (SSSR count). The first-order valence-electron chi connectivity index (χ1n) is 10.5. The first kappa shape index (κ1) is 23.2. The molecule has 33 heavy (non-hydrogen) atoms. The second-order valence-electron chi connectivity index (χ2n) is 7.69. The van der Waals surface area contributed by atoms with Crippen LogP contribution in [0.5, 0.6) is 0 Å². The quantitative estimate of drug-likeness (QED) is 0.233. The number of para-hydroxylation sites is 1. The lowest BCUT2D eigenvalue weighted by Crippen LogP contribution is -2.70. The van der Waals surface area contributed by atoms with Crippen molar-refractivity contribution in [3.63, 3.8) is 0 Å². The number of aryl methyl sites for hydroxylation is 1. The number of fused-ring (bicyclic) bond motifs is 1. The summed E-state index contributed by atoms with van der Waals surface area (Å²) in [7, 11) is 0. The van der Waals surface area contributed by atoms with Gasteiger partial charge in [-0.25, -0.2) is 9.78 Å². The predicted octanol–water partition coefficient (Wildman–Crippen LogP) is 1.41. The van der Waals surface area contributed by atoms with Gasteiger partial charge in [0.15, 0.2) is 0 Å². The van der Waals surface area contributed by atoms with Gasteiger partial charge in [0.25, 0.3) is 5.91 Å². The average Bonchev–Trinajstić information content (AvgIpc) is 3.24. The predicted molar refractivity (Wildman–Crippen MR) is 125 cm³/mol. The monoisotopic (exact) mass is 488 g/mol. The lowest BCUT2D eigenvalue weighted by atomic mass is 10.0. The number of aromatic amines is 1. The fourth-order valence-electron chi connectivity index (χ4n) is 3.73. The molecule has 1 fully saturated rings. The minimum atomic E-state index is -1.16. The summed E-state index contributed by atoms with van der Waals surface area (Å²) in [5.41, 5.74) is 7.69. The molecule has 2 aromatic rings. The van der Waals surface area contributed by atoms with Crippen LogP contribution >= 0.6 is 23.5 Å². The van der Waals surface area contributed by atoms with Crippen molar-refractivity contribution in [2.75, 3.05) is 17.2 Å². The number of aromatic nitrogens is 3.